The van der Waals surface area contributed by atoms with E-state index in [1.807, 2.05) is 4.90 Å². The lowest BCUT2D eigenvalue weighted by atomic mass is 10.2. The number of hydrogen-bond donors (Lipinski definition) is 1. The van der Waals surface area contributed by atoms with E-state index in [0.717, 1.165) is 0 Å². The second-order valence-electron chi connectivity index (χ2n) is 6.32. The van der Waals surface area contributed by atoms with Crippen molar-refractivity contribution >= 4 is 34.6 Å². The van der Waals surface area contributed by atoms with Gasteiger partial charge in [0.05, 0.1) is 23.7 Å². The maximum absolute atomic E-state index is 13.7. The van der Waals surface area contributed by atoms with Crippen molar-refractivity contribution in [2.75, 3.05) is 38.2 Å². The van der Waals surface area contributed by atoms with Gasteiger partial charge in [0.25, 0.3) is 11.6 Å². The quantitative estimate of drug-likeness (QED) is 0.464. The van der Waals surface area contributed by atoms with Gasteiger partial charge in [-0.1, -0.05) is 12.1 Å². The average Bonchev–Trinajstić information content (AvgIpc) is 2.73. The number of thiocarbonyl (C=S) groups is 1. The van der Waals surface area contributed by atoms with Gasteiger partial charge in [-0.2, -0.15) is 0 Å². The number of rotatable bonds is 4. The zero-order chi connectivity index (χ0) is 21.0. The third-order valence-electron chi connectivity index (χ3n) is 4.63. The number of anilines is 1. The minimum Gasteiger partial charge on any atom is -0.496 e. The lowest BCUT2D eigenvalue weighted by Crippen LogP contribution is -2.52. The summed E-state index contributed by atoms with van der Waals surface area (Å²) in [5.41, 5.74) is 0.382. The van der Waals surface area contributed by atoms with Gasteiger partial charge < -0.3 is 14.5 Å². The number of halogens is 1. The summed E-state index contributed by atoms with van der Waals surface area (Å²) in [7, 11) is 1.45. The third kappa shape index (κ3) is 4.60. The molecule has 1 heterocycles. The first-order valence-corrected chi connectivity index (χ1v) is 9.23. The Bertz CT molecular complexity index is 948. The van der Waals surface area contributed by atoms with Crippen LogP contribution < -0.4 is 15.0 Å². The molecule has 0 spiro atoms. The molecule has 29 heavy (non-hydrogen) atoms. The van der Waals surface area contributed by atoms with E-state index < -0.39 is 16.6 Å². The van der Waals surface area contributed by atoms with Crippen LogP contribution >= 0.6 is 12.2 Å². The second-order valence-corrected chi connectivity index (χ2v) is 6.71. The molecule has 0 bridgehead atoms. The van der Waals surface area contributed by atoms with Crippen molar-refractivity contribution < 1.29 is 18.8 Å². The SMILES string of the molecule is COc1ccc(N2CCN(C(=S)NC(=O)c3ccccc3F)CC2)c([N+](=O)[O-])c1. The van der Waals surface area contributed by atoms with Crippen LogP contribution in [0, 0.1) is 15.9 Å². The molecule has 0 saturated carbocycles. The minimum atomic E-state index is -0.621. The van der Waals surface area contributed by atoms with Crippen LogP contribution in [0.2, 0.25) is 0 Å². The number of nitro groups is 1. The van der Waals surface area contributed by atoms with Gasteiger partial charge in [-0.3, -0.25) is 20.2 Å². The predicted molar refractivity (Wildman–Crippen MR) is 110 cm³/mol. The third-order valence-corrected chi connectivity index (χ3v) is 4.99. The van der Waals surface area contributed by atoms with Gasteiger partial charge in [0.15, 0.2) is 5.11 Å². The van der Waals surface area contributed by atoms with Crippen molar-refractivity contribution in [2.24, 2.45) is 0 Å². The van der Waals surface area contributed by atoms with Crippen molar-refractivity contribution in [3.8, 4) is 5.75 Å². The van der Waals surface area contributed by atoms with E-state index >= 15 is 0 Å². The van der Waals surface area contributed by atoms with E-state index in [1.54, 1.807) is 23.1 Å². The summed E-state index contributed by atoms with van der Waals surface area (Å²) < 4.78 is 18.8. The maximum atomic E-state index is 13.7. The van der Waals surface area contributed by atoms with Crippen molar-refractivity contribution in [3.05, 3.63) is 64.0 Å². The Balaban J connectivity index is 1.63. The Hall–Kier alpha value is -3.27. The summed E-state index contributed by atoms with van der Waals surface area (Å²) in [5, 5.41) is 14.1. The lowest BCUT2D eigenvalue weighted by Gasteiger charge is -2.37. The van der Waals surface area contributed by atoms with E-state index in [2.05, 4.69) is 5.32 Å². The number of nitrogens with zero attached hydrogens (tertiary/aromatic N) is 3. The van der Waals surface area contributed by atoms with Gasteiger partial charge in [0.1, 0.15) is 17.3 Å². The Morgan fingerprint density at radius 2 is 1.90 bits per heavy atom. The van der Waals surface area contributed by atoms with Gasteiger partial charge in [-0.25, -0.2) is 4.39 Å². The number of carbonyl (C=O) groups excluding carboxylic acids is 1. The molecule has 10 heteroatoms. The van der Waals surface area contributed by atoms with Crippen LogP contribution in [0.5, 0.6) is 5.75 Å². The molecule has 3 rings (SSSR count). The largest absolute Gasteiger partial charge is 0.496 e. The van der Waals surface area contributed by atoms with Crippen LogP contribution in [0.4, 0.5) is 15.8 Å². The number of hydrogen-bond acceptors (Lipinski definition) is 6. The fraction of sp³-hybridized carbons (Fsp3) is 0.263. The molecule has 0 atom stereocenters. The van der Waals surface area contributed by atoms with Crippen LogP contribution in [0.1, 0.15) is 10.4 Å². The van der Waals surface area contributed by atoms with Crippen LogP contribution in [0.25, 0.3) is 0 Å². The van der Waals surface area contributed by atoms with E-state index in [0.29, 0.717) is 37.6 Å². The summed E-state index contributed by atoms with van der Waals surface area (Å²) in [6, 6.07) is 10.4. The highest BCUT2D eigenvalue weighted by Gasteiger charge is 2.26. The number of amides is 1. The first-order valence-electron chi connectivity index (χ1n) is 8.83. The number of carbonyl (C=O) groups is 1. The molecule has 0 aliphatic carbocycles. The molecule has 1 fully saturated rings. The second kappa shape index (κ2) is 8.82. The Kier molecular flexibility index (Phi) is 6.23. The van der Waals surface area contributed by atoms with E-state index in [-0.39, 0.29) is 16.4 Å². The van der Waals surface area contributed by atoms with Gasteiger partial charge in [-0.15, -0.1) is 0 Å². The number of benzene rings is 2. The van der Waals surface area contributed by atoms with E-state index in [1.165, 1.54) is 31.4 Å². The van der Waals surface area contributed by atoms with Crippen LogP contribution in [0.3, 0.4) is 0 Å². The number of ether oxygens (including phenoxy) is 1. The Labute approximate surface area is 172 Å². The fourth-order valence-corrected chi connectivity index (χ4v) is 3.36. The molecule has 1 aliphatic heterocycles. The average molecular weight is 418 g/mol. The number of piperazine rings is 1. The first-order chi connectivity index (χ1) is 13.9. The Morgan fingerprint density at radius 3 is 2.52 bits per heavy atom. The molecule has 2 aromatic carbocycles. The molecule has 1 aliphatic rings. The highest BCUT2D eigenvalue weighted by molar-refractivity contribution is 7.80. The molecular weight excluding hydrogens is 399 g/mol. The van der Waals surface area contributed by atoms with Crippen LogP contribution in [-0.4, -0.2) is 54.1 Å². The summed E-state index contributed by atoms with van der Waals surface area (Å²) in [6.45, 7) is 1.87. The van der Waals surface area contributed by atoms with Gasteiger partial charge in [0, 0.05) is 26.2 Å². The maximum Gasteiger partial charge on any atom is 0.296 e. The topological polar surface area (TPSA) is 88.0 Å². The Morgan fingerprint density at radius 1 is 1.21 bits per heavy atom. The fourth-order valence-electron chi connectivity index (χ4n) is 3.08. The van der Waals surface area contributed by atoms with Crippen molar-refractivity contribution in [3.63, 3.8) is 0 Å². The van der Waals surface area contributed by atoms with Crippen LogP contribution in [0.15, 0.2) is 42.5 Å². The predicted octanol–water partition coefficient (Wildman–Crippen LogP) is 2.58. The summed E-state index contributed by atoms with van der Waals surface area (Å²) in [4.78, 5) is 26.8. The highest BCUT2D eigenvalue weighted by Crippen LogP contribution is 2.32. The van der Waals surface area contributed by atoms with Crippen molar-refractivity contribution in [1.29, 1.82) is 0 Å². The standard InChI is InChI=1S/C19H19FN4O4S/c1-28-13-6-7-16(17(12-13)24(26)27)22-8-10-23(11-9-22)19(29)21-18(25)14-4-2-3-5-15(14)20/h2-7,12H,8-11H2,1H3,(H,21,25,29). The van der Waals surface area contributed by atoms with E-state index in [9.17, 15) is 19.3 Å². The molecular formula is C19H19FN4O4S. The van der Waals surface area contributed by atoms with Crippen molar-refractivity contribution in [2.45, 2.75) is 0 Å². The highest BCUT2D eigenvalue weighted by atomic mass is 32.1. The number of nitro benzene ring substituents is 1. The van der Waals surface area contributed by atoms with E-state index in [4.69, 9.17) is 17.0 Å². The number of nitrogens with one attached hydrogen (secondary N) is 1. The molecule has 0 radical (unpaired) electrons. The molecule has 8 nitrogen and oxygen atoms in total. The monoisotopic (exact) mass is 418 g/mol. The molecule has 152 valence electrons. The van der Waals surface area contributed by atoms with Gasteiger partial charge in [-0.05, 0) is 36.5 Å². The summed E-state index contributed by atoms with van der Waals surface area (Å²) >= 11 is 5.28. The smallest absolute Gasteiger partial charge is 0.296 e. The van der Waals surface area contributed by atoms with Gasteiger partial charge in [0.2, 0.25) is 0 Å². The number of methoxy groups -OCH3 is 1. The first kappa shape index (κ1) is 20.5. The summed E-state index contributed by atoms with van der Waals surface area (Å²) in [6.07, 6.45) is 0. The molecule has 1 amide bonds. The summed E-state index contributed by atoms with van der Waals surface area (Å²) in [5.74, 6) is -0.818. The van der Waals surface area contributed by atoms with Gasteiger partial charge >= 0.3 is 0 Å². The molecule has 1 N–H and O–H groups in total. The molecule has 2 aromatic rings. The zero-order valence-corrected chi connectivity index (χ0v) is 16.4. The molecule has 0 unspecified atom stereocenters. The molecule has 0 aromatic heterocycles. The lowest BCUT2D eigenvalue weighted by molar-refractivity contribution is -0.384. The zero-order valence-electron chi connectivity index (χ0n) is 15.6. The van der Waals surface area contributed by atoms with Crippen molar-refractivity contribution in [1.82, 2.24) is 10.2 Å². The minimum absolute atomic E-state index is 0.0340. The normalized spacial score (nSPS) is 13.7. The van der Waals surface area contributed by atoms with Crippen LogP contribution in [-0.2, 0) is 0 Å². The molecule has 1 saturated heterocycles.